The summed E-state index contributed by atoms with van der Waals surface area (Å²) in [6.45, 7) is 9.21. The van der Waals surface area contributed by atoms with Crippen LogP contribution in [0.5, 0.6) is 6.01 Å². The zero-order valence-corrected chi connectivity index (χ0v) is 25.7. The summed E-state index contributed by atoms with van der Waals surface area (Å²) in [6.07, 6.45) is 7.08. The number of anilines is 1. The van der Waals surface area contributed by atoms with Crippen LogP contribution >= 0.6 is 0 Å². The second kappa shape index (κ2) is 11.8. The van der Waals surface area contributed by atoms with Gasteiger partial charge in [-0.25, -0.2) is 13.2 Å². The summed E-state index contributed by atoms with van der Waals surface area (Å²) in [5.74, 6) is -0.880. The van der Waals surface area contributed by atoms with E-state index in [1.54, 1.807) is 11.8 Å². The van der Waals surface area contributed by atoms with Crippen molar-refractivity contribution >= 4 is 33.5 Å². The Hall–Kier alpha value is -4.30. The molecule has 2 atom stereocenters. The fourth-order valence-electron chi connectivity index (χ4n) is 7.27. The first kappa shape index (κ1) is 30.4. The smallest absolute Gasteiger partial charge is 0.318 e. The Labute approximate surface area is 263 Å². The van der Waals surface area contributed by atoms with E-state index in [1.807, 2.05) is 4.90 Å². The molecule has 3 aromatic heterocycles. The van der Waals surface area contributed by atoms with Crippen molar-refractivity contribution in [1.29, 1.82) is 0 Å². The van der Waals surface area contributed by atoms with Crippen LogP contribution in [0.25, 0.3) is 33.1 Å². The monoisotopic (exact) mass is 636 g/mol. The number of methoxy groups -OCH3 is 1. The maximum absolute atomic E-state index is 16.1. The number of hydrogen-bond acceptors (Lipinski definition) is 9. The highest BCUT2D eigenvalue weighted by atomic mass is 19.1. The Morgan fingerprint density at radius 1 is 1.20 bits per heavy atom. The molecule has 4 aromatic rings. The number of aromatic amines is 1. The minimum absolute atomic E-state index is 0.00802. The Kier molecular flexibility index (Phi) is 7.79. The molecule has 8 rings (SSSR count). The normalized spacial score (nSPS) is 22.1. The summed E-state index contributed by atoms with van der Waals surface area (Å²) < 4.78 is 53.9. The standard InChI is InChI=1S/C25H23F2N7O3.C7H12FN/c1-4-17(35)34-6-5-33(10-25(34)11-37-12-25)23-15-8-28-22(19(27)21(15)30-24(31-23)36-3)18-13(2)7-16(26)20-14(18)9-29-32-20;8-6-4-7-2-1-3-9(7)5-6/h4,7-9H,1,5-6,10-12H2,2-3H3,(H,29,32);6-7H,1-5H2. The van der Waals surface area contributed by atoms with E-state index in [4.69, 9.17) is 9.47 Å². The highest BCUT2D eigenvalue weighted by molar-refractivity contribution is 5.99. The van der Waals surface area contributed by atoms with Gasteiger partial charge in [0.25, 0.3) is 0 Å². The molecular weight excluding hydrogens is 601 g/mol. The Bertz CT molecular complexity index is 1820. The number of carbonyl (C=O) groups is 1. The minimum Gasteiger partial charge on any atom is -0.467 e. The number of halogens is 3. The summed E-state index contributed by atoms with van der Waals surface area (Å²) in [6, 6.07) is 1.92. The molecule has 7 heterocycles. The minimum atomic E-state index is -0.682. The van der Waals surface area contributed by atoms with Crippen LogP contribution in [0.4, 0.5) is 19.0 Å². The van der Waals surface area contributed by atoms with Gasteiger partial charge in [-0.15, -0.1) is 0 Å². The van der Waals surface area contributed by atoms with Gasteiger partial charge in [-0.2, -0.15) is 15.1 Å². The summed E-state index contributed by atoms with van der Waals surface area (Å²) in [5.41, 5.74) is 0.615. The number of rotatable bonds is 4. The fraction of sp³-hybridized carbons (Fsp3) is 0.469. The first-order chi connectivity index (χ1) is 22.2. The van der Waals surface area contributed by atoms with Gasteiger partial charge in [0.15, 0.2) is 5.82 Å². The maximum Gasteiger partial charge on any atom is 0.318 e. The molecule has 14 heteroatoms. The zero-order valence-electron chi connectivity index (χ0n) is 25.7. The second-order valence-electron chi connectivity index (χ2n) is 12.4. The van der Waals surface area contributed by atoms with Crippen LogP contribution in [0.1, 0.15) is 24.8 Å². The van der Waals surface area contributed by atoms with Crippen LogP contribution in [0.15, 0.2) is 31.1 Å². The predicted molar refractivity (Wildman–Crippen MR) is 165 cm³/mol. The lowest BCUT2D eigenvalue weighted by Crippen LogP contribution is -2.72. The Morgan fingerprint density at radius 3 is 2.74 bits per heavy atom. The van der Waals surface area contributed by atoms with E-state index >= 15 is 4.39 Å². The molecule has 1 N–H and O–H groups in total. The van der Waals surface area contributed by atoms with Gasteiger partial charge in [0, 0.05) is 49.4 Å². The van der Waals surface area contributed by atoms with Gasteiger partial charge in [0.05, 0.1) is 31.9 Å². The molecule has 0 bridgehead atoms. The average Bonchev–Trinajstić information content (AvgIpc) is 3.78. The van der Waals surface area contributed by atoms with E-state index in [0.717, 1.165) is 13.0 Å². The summed E-state index contributed by atoms with van der Waals surface area (Å²) in [7, 11) is 1.41. The van der Waals surface area contributed by atoms with Crippen molar-refractivity contribution in [1.82, 2.24) is 34.9 Å². The zero-order chi connectivity index (χ0) is 32.2. The fourth-order valence-corrected chi connectivity index (χ4v) is 7.27. The van der Waals surface area contributed by atoms with Gasteiger partial charge in [0.2, 0.25) is 5.91 Å². The number of nitrogens with zero attached hydrogens (tertiary/aromatic N) is 7. The van der Waals surface area contributed by atoms with Crippen LogP contribution in [0.3, 0.4) is 0 Å². The number of nitrogens with one attached hydrogen (secondary N) is 1. The molecule has 4 aliphatic heterocycles. The number of benzene rings is 1. The lowest BCUT2D eigenvalue weighted by atomic mass is 9.91. The molecule has 1 spiro atoms. The number of alkyl halides is 1. The summed E-state index contributed by atoms with van der Waals surface area (Å²) in [5, 5.41) is 7.35. The Morgan fingerprint density at radius 2 is 2.02 bits per heavy atom. The second-order valence-corrected chi connectivity index (χ2v) is 12.4. The molecule has 4 aliphatic rings. The number of aromatic nitrogens is 5. The molecule has 1 aromatic carbocycles. The Balaban J connectivity index is 0.000000321. The van der Waals surface area contributed by atoms with Crippen molar-refractivity contribution in [3.05, 3.63) is 48.3 Å². The third-order valence-electron chi connectivity index (χ3n) is 9.54. The first-order valence-electron chi connectivity index (χ1n) is 15.4. The van der Waals surface area contributed by atoms with Crippen LogP contribution in [-0.2, 0) is 9.53 Å². The number of carbonyl (C=O) groups excluding carboxylic acids is 1. The van der Waals surface area contributed by atoms with Gasteiger partial charge < -0.3 is 19.3 Å². The molecular formula is C32H35F3N8O3. The molecule has 4 fully saturated rings. The number of ether oxygens (including phenoxy) is 2. The number of piperazine rings is 1. The lowest BCUT2D eigenvalue weighted by Gasteiger charge is -2.55. The van der Waals surface area contributed by atoms with E-state index in [0.29, 0.717) is 73.2 Å². The van der Waals surface area contributed by atoms with Crippen molar-refractivity contribution in [2.45, 2.75) is 43.9 Å². The molecule has 4 saturated heterocycles. The average molecular weight is 637 g/mol. The molecule has 0 aliphatic carbocycles. The van der Waals surface area contributed by atoms with E-state index < -0.39 is 23.3 Å². The highest BCUT2D eigenvalue weighted by Crippen LogP contribution is 2.39. The van der Waals surface area contributed by atoms with Crippen molar-refractivity contribution in [3.8, 4) is 17.3 Å². The lowest BCUT2D eigenvalue weighted by molar-refractivity contribution is -0.164. The quantitative estimate of drug-likeness (QED) is 0.333. The third-order valence-corrected chi connectivity index (χ3v) is 9.54. The topological polar surface area (TPSA) is 113 Å². The number of H-pyrrole nitrogens is 1. The SMILES string of the molecule is C=CC(=O)N1CCN(c2nc(OC)nc3c(F)c(-c4c(C)cc(F)c5[nH]ncc45)ncc23)CC12COC2.FC1CC2CCCN2C1. The van der Waals surface area contributed by atoms with E-state index in [1.165, 1.54) is 44.5 Å². The van der Waals surface area contributed by atoms with Crippen LogP contribution in [0, 0.1) is 18.6 Å². The van der Waals surface area contributed by atoms with Gasteiger partial charge in [0.1, 0.15) is 40.1 Å². The number of amides is 1. The summed E-state index contributed by atoms with van der Waals surface area (Å²) in [4.78, 5) is 31.8. The molecule has 0 radical (unpaired) electrons. The highest BCUT2D eigenvalue weighted by Gasteiger charge is 2.50. The number of hydrogen-bond donors (Lipinski definition) is 1. The largest absolute Gasteiger partial charge is 0.467 e. The van der Waals surface area contributed by atoms with Crippen LogP contribution < -0.4 is 9.64 Å². The molecule has 11 nitrogen and oxygen atoms in total. The first-order valence-corrected chi connectivity index (χ1v) is 15.4. The van der Waals surface area contributed by atoms with Crippen molar-refractivity contribution in [2.24, 2.45) is 0 Å². The molecule has 2 unspecified atom stereocenters. The van der Waals surface area contributed by atoms with Crippen molar-refractivity contribution < 1.29 is 27.4 Å². The predicted octanol–water partition coefficient (Wildman–Crippen LogP) is 3.96. The van der Waals surface area contributed by atoms with Crippen LogP contribution in [0.2, 0.25) is 0 Å². The number of aryl methyl sites for hydroxylation is 1. The van der Waals surface area contributed by atoms with Gasteiger partial charge in [-0.1, -0.05) is 6.58 Å². The van der Waals surface area contributed by atoms with Crippen molar-refractivity contribution in [3.63, 3.8) is 0 Å². The summed E-state index contributed by atoms with van der Waals surface area (Å²) >= 11 is 0. The van der Waals surface area contributed by atoms with E-state index in [2.05, 4.69) is 36.6 Å². The maximum atomic E-state index is 16.1. The molecule has 0 saturated carbocycles. The van der Waals surface area contributed by atoms with E-state index in [9.17, 15) is 13.6 Å². The third kappa shape index (κ3) is 5.03. The van der Waals surface area contributed by atoms with E-state index in [-0.39, 0.29) is 28.6 Å². The van der Waals surface area contributed by atoms with Crippen LogP contribution in [-0.4, -0.2) is 112 Å². The number of pyridine rings is 1. The van der Waals surface area contributed by atoms with Gasteiger partial charge in [-0.3, -0.25) is 19.8 Å². The number of fused-ring (bicyclic) bond motifs is 3. The van der Waals surface area contributed by atoms with Crippen molar-refractivity contribution in [2.75, 3.05) is 57.9 Å². The molecule has 242 valence electrons. The van der Waals surface area contributed by atoms with Gasteiger partial charge >= 0.3 is 6.01 Å². The molecule has 1 amide bonds. The molecule has 46 heavy (non-hydrogen) atoms. The van der Waals surface area contributed by atoms with Gasteiger partial charge in [-0.05, 0) is 50.4 Å².